The Kier molecular flexibility index (Phi) is 7.86. The quantitative estimate of drug-likeness (QED) is 0.361. The summed E-state index contributed by atoms with van der Waals surface area (Å²) in [5.74, 6) is -3.83. The van der Waals surface area contributed by atoms with Crippen LogP contribution in [0.2, 0.25) is 0 Å². The van der Waals surface area contributed by atoms with Crippen molar-refractivity contribution < 1.29 is 38.9 Å². The van der Waals surface area contributed by atoms with E-state index in [9.17, 15) is 19.2 Å². The molecule has 0 amide bonds. The van der Waals surface area contributed by atoms with E-state index >= 15 is 0 Å². The van der Waals surface area contributed by atoms with Gasteiger partial charge in [0.2, 0.25) is 0 Å². The van der Waals surface area contributed by atoms with Crippen molar-refractivity contribution in [2.24, 2.45) is 0 Å². The lowest BCUT2D eigenvalue weighted by Gasteiger charge is -2.16. The van der Waals surface area contributed by atoms with Crippen LogP contribution in [0, 0.1) is 0 Å². The summed E-state index contributed by atoms with van der Waals surface area (Å²) in [5.41, 5.74) is -0.557. The summed E-state index contributed by atoms with van der Waals surface area (Å²) in [5, 5.41) is 18.1. The SMILES string of the molecule is C=C(C)C(=O)OC(C)CCOC(C)C(=O)c1ccc(C(=O)O)c(C(=O)O)c1. The van der Waals surface area contributed by atoms with E-state index in [2.05, 4.69) is 6.58 Å². The Labute approximate surface area is 156 Å². The molecule has 0 radical (unpaired) electrons. The fourth-order valence-corrected chi connectivity index (χ4v) is 2.12. The maximum atomic E-state index is 12.4. The van der Waals surface area contributed by atoms with Gasteiger partial charge >= 0.3 is 17.9 Å². The Bertz CT molecular complexity index is 765. The molecule has 8 nitrogen and oxygen atoms in total. The van der Waals surface area contributed by atoms with Crippen LogP contribution in [0.3, 0.4) is 0 Å². The normalized spacial score (nSPS) is 12.7. The lowest BCUT2D eigenvalue weighted by Crippen LogP contribution is -2.24. The van der Waals surface area contributed by atoms with E-state index in [0.717, 1.165) is 12.1 Å². The third-order valence-corrected chi connectivity index (χ3v) is 3.68. The molecule has 0 fully saturated rings. The molecule has 0 spiro atoms. The third-order valence-electron chi connectivity index (χ3n) is 3.68. The topological polar surface area (TPSA) is 127 Å². The third kappa shape index (κ3) is 6.34. The Hall–Kier alpha value is -3.00. The zero-order chi connectivity index (χ0) is 20.7. The first-order chi connectivity index (χ1) is 12.5. The number of benzene rings is 1. The molecule has 0 aromatic heterocycles. The van der Waals surface area contributed by atoms with Crippen LogP contribution in [0.15, 0.2) is 30.4 Å². The second kappa shape index (κ2) is 9.63. The number of hydrogen-bond donors (Lipinski definition) is 2. The molecule has 0 heterocycles. The number of ether oxygens (including phenoxy) is 2. The minimum absolute atomic E-state index is 0.0339. The van der Waals surface area contributed by atoms with Crippen LogP contribution in [-0.2, 0) is 14.3 Å². The van der Waals surface area contributed by atoms with E-state index in [1.54, 1.807) is 6.92 Å². The highest BCUT2D eigenvalue weighted by Crippen LogP contribution is 2.15. The average Bonchev–Trinajstić information content (AvgIpc) is 2.59. The van der Waals surface area contributed by atoms with Crippen molar-refractivity contribution in [3.05, 3.63) is 47.0 Å². The van der Waals surface area contributed by atoms with Crippen LogP contribution in [-0.4, -0.2) is 52.7 Å². The fourth-order valence-electron chi connectivity index (χ4n) is 2.12. The number of hydrogen-bond acceptors (Lipinski definition) is 6. The van der Waals surface area contributed by atoms with Crippen LogP contribution in [0.1, 0.15) is 58.3 Å². The van der Waals surface area contributed by atoms with Crippen molar-refractivity contribution >= 4 is 23.7 Å². The van der Waals surface area contributed by atoms with Gasteiger partial charge in [0, 0.05) is 17.6 Å². The molecular formula is C19H22O8. The predicted octanol–water partition coefficient (Wildman–Crippen LogP) is 2.57. The standard InChI is InChI=1S/C19H22O8/c1-10(2)19(25)27-11(3)7-8-26-12(4)16(20)13-5-6-14(17(21)22)15(9-13)18(23)24/h5-6,9,11-12H,1,7-8H2,2-4H3,(H,21,22)(H,23,24). The monoisotopic (exact) mass is 378 g/mol. The van der Waals surface area contributed by atoms with Crippen LogP contribution >= 0.6 is 0 Å². The molecule has 27 heavy (non-hydrogen) atoms. The first kappa shape index (κ1) is 22.0. The molecule has 0 saturated heterocycles. The van der Waals surface area contributed by atoms with Crippen molar-refractivity contribution in [3.8, 4) is 0 Å². The maximum Gasteiger partial charge on any atom is 0.336 e. The van der Waals surface area contributed by atoms with Crippen molar-refractivity contribution in [2.45, 2.75) is 39.4 Å². The molecule has 2 unspecified atom stereocenters. The van der Waals surface area contributed by atoms with E-state index in [-0.39, 0.29) is 17.7 Å². The van der Waals surface area contributed by atoms with E-state index < -0.39 is 47.0 Å². The smallest absolute Gasteiger partial charge is 0.336 e. The molecule has 0 bridgehead atoms. The van der Waals surface area contributed by atoms with Crippen LogP contribution < -0.4 is 0 Å². The second-order valence-corrected chi connectivity index (χ2v) is 6.03. The molecule has 1 rings (SSSR count). The first-order valence-corrected chi connectivity index (χ1v) is 8.17. The van der Waals surface area contributed by atoms with E-state index in [0.29, 0.717) is 6.42 Å². The first-order valence-electron chi connectivity index (χ1n) is 8.17. The number of Topliss-reactive ketones (excluding diaryl/α,β-unsaturated/α-hetero) is 1. The molecule has 1 aromatic carbocycles. The minimum Gasteiger partial charge on any atom is -0.478 e. The number of carbonyl (C=O) groups is 4. The summed E-state index contributed by atoms with van der Waals surface area (Å²) in [7, 11) is 0. The highest BCUT2D eigenvalue weighted by Gasteiger charge is 2.22. The summed E-state index contributed by atoms with van der Waals surface area (Å²) in [4.78, 5) is 46.0. The van der Waals surface area contributed by atoms with Crippen molar-refractivity contribution in [1.82, 2.24) is 0 Å². The van der Waals surface area contributed by atoms with Crippen LogP contribution in [0.5, 0.6) is 0 Å². The highest BCUT2D eigenvalue weighted by atomic mass is 16.5. The fraction of sp³-hybridized carbons (Fsp3) is 0.368. The van der Waals surface area contributed by atoms with Gasteiger partial charge in [-0.3, -0.25) is 4.79 Å². The Morgan fingerprint density at radius 3 is 2.19 bits per heavy atom. The molecule has 0 aliphatic heterocycles. The minimum atomic E-state index is -1.44. The molecule has 2 atom stereocenters. The van der Waals surface area contributed by atoms with Gasteiger partial charge in [-0.25, -0.2) is 14.4 Å². The molecule has 1 aromatic rings. The van der Waals surface area contributed by atoms with Gasteiger partial charge in [0.15, 0.2) is 5.78 Å². The zero-order valence-electron chi connectivity index (χ0n) is 15.4. The van der Waals surface area contributed by atoms with E-state index in [1.807, 2.05) is 0 Å². The van der Waals surface area contributed by atoms with Gasteiger partial charge in [0.25, 0.3) is 0 Å². The largest absolute Gasteiger partial charge is 0.478 e. The number of carboxylic acid groups (broad SMARTS) is 2. The van der Waals surface area contributed by atoms with Crippen LogP contribution in [0.4, 0.5) is 0 Å². The van der Waals surface area contributed by atoms with Gasteiger partial charge in [0.1, 0.15) is 12.2 Å². The van der Waals surface area contributed by atoms with Gasteiger partial charge in [-0.05, 0) is 32.9 Å². The maximum absolute atomic E-state index is 12.4. The highest BCUT2D eigenvalue weighted by molar-refractivity contribution is 6.06. The molecule has 0 saturated carbocycles. The van der Waals surface area contributed by atoms with Gasteiger partial charge in [-0.1, -0.05) is 12.6 Å². The zero-order valence-corrected chi connectivity index (χ0v) is 15.4. The Morgan fingerprint density at radius 2 is 1.67 bits per heavy atom. The summed E-state index contributed by atoms with van der Waals surface area (Å²) in [6.45, 7) is 8.33. The second-order valence-electron chi connectivity index (χ2n) is 6.03. The number of aromatic carboxylic acids is 2. The average molecular weight is 378 g/mol. The van der Waals surface area contributed by atoms with Crippen LogP contribution in [0.25, 0.3) is 0 Å². The summed E-state index contributed by atoms with van der Waals surface area (Å²) in [6, 6.07) is 3.34. The molecular weight excluding hydrogens is 356 g/mol. The number of carbonyl (C=O) groups excluding carboxylic acids is 2. The van der Waals surface area contributed by atoms with Gasteiger partial charge in [-0.2, -0.15) is 0 Å². The number of esters is 1. The number of rotatable bonds is 10. The lowest BCUT2D eigenvalue weighted by molar-refractivity contribution is -0.144. The molecule has 2 N–H and O–H groups in total. The van der Waals surface area contributed by atoms with E-state index in [4.69, 9.17) is 19.7 Å². The van der Waals surface area contributed by atoms with Gasteiger partial charge in [0.05, 0.1) is 17.7 Å². The Morgan fingerprint density at radius 1 is 1.07 bits per heavy atom. The molecule has 146 valence electrons. The number of carboxylic acids is 2. The summed E-state index contributed by atoms with van der Waals surface area (Å²) < 4.78 is 10.5. The Balaban J connectivity index is 2.70. The predicted molar refractivity (Wildman–Crippen MR) is 95.1 cm³/mol. The molecule has 8 heteroatoms. The molecule has 0 aliphatic rings. The number of ketones is 1. The summed E-state index contributed by atoms with van der Waals surface area (Å²) in [6.07, 6.45) is -0.953. The van der Waals surface area contributed by atoms with Crippen molar-refractivity contribution in [3.63, 3.8) is 0 Å². The lowest BCUT2D eigenvalue weighted by atomic mass is 10.00. The molecule has 0 aliphatic carbocycles. The van der Waals surface area contributed by atoms with E-state index in [1.165, 1.54) is 19.9 Å². The van der Waals surface area contributed by atoms with Gasteiger partial charge < -0.3 is 19.7 Å². The van der Waals surface area contributed by atoms with Crippen molar-refractivity contribution in [1.29, 1.82) is 0 Å². The van der Waals surface area contributed by atoms with Crippen molar-refractivity contribution in [2.75, 3.05) is 6.61 Å². The van der Waals surface area contributed by atoms with Gasteiger partial charge in [-0.15, -0.1) is 0 Å². The summed E-state index contributed by atoms with van der Waals surface area (Å²) >= 11 is 0.